The van der Waals surface area contributed by atoms with Gasteiger partial charge in [0.05, 0.1) is 25.1 Å². The van der Waals surface area contributed by atoms with Gasteiger partial charge in [0, 0.05) is 6.20 Å². The molecule has 0 spiro atoms. The molecule has 25 heavy (non-hydrogen) atoms. The Hall–Kier alpha value is -3.42. The minimum Gasteiger partial charge on any atom is -0.497 e. The Morgan fingerprint density at radius 2 is 1.88 bits per heavy atom. The number of benzene rings is 1. The van der Waals surface area contributed by atoms with E-state index in [4.69, 9.17) is 15.6 Å². The number of amides is 2. The Labute approximate surface area is 143 Å². The molecule has 1 aromatic carbocycles. The molecule has 0 bridgehead atoms. The molecule has 8 nitrogen and oxygen atoms in total. The second-order valence-corrected chi connectivity index (χ2v) is 5.19. The molecule has 8 heteroatoms. The maximum absolute atomic E-state index is 12.3. The van der Waals surface area contributed by atoms with E-state index in [1.807, 2.05) is 0 Å². The number of pyridine rings is 1. The van der Waals surface area contributed by atoms with Crippen molar-refractivity contribution in [2.45, 2.75) is 12.5 Å². The number of methoxy groups -OCH3 is 1. The van der Waals surface area contributed by atoms with Crippen LogP contribution < -0.4 is 15.8 Å². The number of nitrogens with two attached hydrogens (primary N) is 1. The van der Waals surface area contributed by atoms with Gasteiger partial charge in [-0.25, -0.2) is 0 Å². The van der Waals surface area contributed by atoms with Crippen LogP contribution in [-0.4, -0.2) is 35.0 Å². The van der Waals surface area contributed by atoms with Crippen molar-refractivity contribution < 1.29 is 24.2 Å². The average molecular weight is 343 g/mol. The SMILES string of the molecule is COc1ccc(C(CC(=O)O)NC(=O)c2ccc(C(N)=O)cn2)cc1. The van der Waals surface area contributed by atoms with Gasteiger partial charge in [0.15, 0.2) is 0 Å². The van der Waals surface area contributed by atoms with Crippen LogP contribution in [0.1, 0.15) is 38.9 Å². The monoisotopic (exact) mass is 343 g/mol. The van der Waals surface area contributed by atoms with Crippen LogP contribution in [0.2, 0.25) is 0 Å². The second-order valence-electron chi connectivity index (χ2n) is 5.19. The number of carbonyl (C=O) groups excluding carboxylic acids is 2. The first kappa shape index (κ1) is 17.9. The van der Waals surface area contributed by atoms with Gasteiger partial charge in [-0.3, -0.25) is 19.4 Å². The largest absolute Gasteiger partial charge is 0.497 e. The molecule has 0 saturated heterocycles. The number of carboxylic acids is 1. The summed E-state index contributed by atoms with van der Waals surface area (Å²) in [6, 6.07) is 8.69. The van der Waals surface area contributed by atoms with Crippen molar-refractivity contribution in [3.8, 4) is 5.75 Å². The highest BCUT2D eigenvalue weighted by Crippen LogP contribution is 2.21. The normalized spacial score (nSPS) is 11.4. The lowest BCUT2D eigenvalue weighted by Crippen LogP contribution is -2.30. The predicted molar refractivity (Wildman–Crippen MR) is 88.2 cm³/mol. The lowest BCUT2D eigenvalue weighted by atomic mass is 10.0. The third kappa shape index (κ3) is 4.77. The van der Waals surface area contributed by atoms with E-state index < -0.39 is 23.8 Å². The number of hydrogen-bond donors (Lipinski definition) is 3. The van der Waals surface area contributed by atoms with Crippen LogP contribution in [0.25, 0.3) is 0 Å². The summed E-state index contributed by atoms with van der Waals surface area (Å²) in [7, 11) is 1.52. The first-order valence-electron chi connectivity index (χ1n) is 7.33. The number of aromatic nitrogens is 1. The molecule has 2 aromatic rings. The van der Waals surface area contributed by atoms with E-state index in [1.54, 1.807) is 24.3 Å². The summed E-state index contributed by atoms with van der Waals surface area (Å²) in [5.41, 5.74) is 5.96. The van der Waals surface area contributed by atoms with Crippen LogP contribution in [0.5, 0.6) is 5.75 Å². The van der Waals surface area contributed by atoms with Crippen molar-refractivity contribution >= 4 is 17.8 Å². The maximum atomic E-state index is 12.3. The molecule has 2 rings (SSSR count). The van der Waals surface area contributed by atoms with Gasteiger partial charge in [0.25, 0.3) is 5.91 Å². The molecule has 4 N–H and O–H groups in total. The van der Waals surface area contributed by atoms with Crippen molar-refractivity contribution in [2.24, 2.45) is 5.73 Å². The number of aliphatic carboxylic acids is 1. The van der Waals surface area contributed by atoms with Crippen LogP contribution >= 0.6 is 0 Å². The van der Waals surface area contributed by atoms with Crippen LogP contribution in [0.15, 0.2) is 42.6 Å². The van der Waals surface area contributed by atoms with Gasteiger partial charge < -0.3 is 20.9 Å². The Bertz CT molecular complexity index is 772. The van der Waals surface area contributed by atoms with Crippen molar-refractivity contribution in [3.63, 3.8) is 0 Å². The van der Waals surface area contributed by atoms with E-state index in [9.17, 15) is 14.4 Å². The molecular formula is C17H17N3O5. The van der Waals surface area contributed by atoms with E-state index in [2.05, 4.69) is 10.3 Å². The number of rotatable bonds is 7. The molecule has 0 radical (unpaired) electrons. The van der Waals surface area contributed by atoms with Crippen molar-refractivity contribution in [1.29, 1.82) is 0 Å². The fourth-order valence-corrected chi connectivity index (χ4v) is 2.17. The number of nitrogens with zero attached hydrogens (tertiary/aromatic N) is 1. The minimum absolute atomic E-state index is 0.0499. The third-order valence-corrected chi connectivity index (χ3v) is 3.48. The van der Waals surface area contributed by atoms with Crippen LogP contribution in [0.3, 0.4) is 0 Å². The molecule has 0 fully saturated rings. The summed E-state index contributed by atoms with van der Waals surface area (Å²) < 4.78 is 5.06. The summed E-state index contributed by atoms with van der Waals surface area (Å²) in [6.07, 6.45) is 0.897. The van der Waals surface area contributed by atoms with Crippen molar-refractivity contribution in [2.75, 3.05) is 7.11 Å². The maximum Gasteiger partial charge on any atom is 0.305 e. The molecule has 1 unspecified atom stereocenters. The van der Waals surface area contributed by atoms with E-state index in [0.717, 1.165) is 0 Å². The van der Waals surface area contributed by atoms with E-state index >= 15 is 0 Å². The quantitative estimate of drug-likeness (QED) is 0.690. The zero-order valence-corrected chi connectivity index (χ0v) is 13.4. The van der Waals surface area contributed by atoms with Gasteiger partial charge in [-0.15, -0.1) is 0 Å². The fraction of sp³-hybridized carbons (Fsp3) is 0.176. The molecular weight excluding hydrogens is 326 g/mol. The van der Waals surface area contributed by atoms with Crippen LogP contribution in [0, 0.1) is 0 Å². The molecule has 130 valence electrons. The van der Waals surface area contributed by atoms with Crippen molar-refractivity contribution in [1.82, 2.24) is 10.3 Å². The molecule has 1 atom stereocenters. The lowest BCUT2D eigenvalue weighted by molar-refractivity contribution is -0.137. The first-order chi connectivity index (χ1) is 11.9. The van der Waals surface area contributed by atoms with Gasteiger partial charge in [-0.2, -0.15) is 0 Å². The topological polar surface area (TPSA) is 132 Å². The van der Waals surface area contributed by atoms with E-state index in [0.29, 0.717) is 11.3 Å². The highest BCUT2D eigenvalue weighted by molar-refractivity contribution is 5.95. The summed E-state index contributed by atoms with van der Waals surface area (Å²) in [6.45, 7) is 0. The third-order valence-electron chi connectivity index (χ3n) is 3.48. The minimum atomic E-state index is -1.06. The van der Waals surface area contributed by atoms with E-state index in [1.165, 1.54) is 25.4 Å². The average Bonchev–Trinajstić information content (AvgIpc) is 2.61. The highest BCUT2D eigenvalue weighted by Gasteiger charge is 2.20. The Morgan fingerprint density at radius 3 is 2.36 bits per heavy atom. The summed E-state index contributed by atoms with van der Waals surface area (Å²) in [5, 5.41) is 11.7. The van der Waals surface area contributed by atoms with Gasteiger partial charge in [0.1, 0.15) is 11.4 Å². The summed E-state index contributed by atoms with van der Waals surface area (Å²) in [5.74, 6) is -1.65. The number of carbonyl (C=O) groups is 3. The zero-order chi connectivity index (χ0) is 18.4. The summed E-state index contributed by atoms with van der Waals surface area (Å²) in [4.78, 5) is 38.3. The highest BCUT2D eigenvalue weighted by atomic mass is 16.5. The number of primary amides is 1. The molecule has 1 aromatic heterocycles. The molecule has 0 aliphatic rings. The second kappa shape index (κ2) is 7.91. The number of nitrogens with one attached hydrogen (secondary N) is 1. The van der Waals surface area contributed by atoms with Gasteiger partial charge in [-0.1, -0.05) is 12.1 Å². The van der Waals surface area contributed by atoms with Crippen molar-refractivity contribution in [3.05, 3.63) is 59.4 Å². The molecule has 0 aliphatic heterocycles. The van der Waals surface area contributed by atoms with Gasteiger partial charge in [0.2, 0.25) is 5.91 Å². The number of hydrogen-bond acceptors (Lipinski definition) is 5. The van der Waals surface area contributed by atoms with Crippen LogP contribution in [-0.2, 0) is 4.79 Å². The predicted octanol–water partition coefficient (Wildman–Crippen LogP) is 1.13. The number of ether oxygens (including phenoxy) is 1. The molecule has 2 amide bonds. The number of carboxylic acid groups (broad SMARTS) is 1. The lowest BCUT2D eigenvalue weighted by Gasteiger charge is -2.17. The van der Waals surface area contributed by atoms with Gasteiger partial charge in [-0.05, 0) is 29.8 Å². The fourth-order valence-electron chi connectivity index (χ4n) is 2.17. The van der Waals surface area contributed by atoms with Gasteiger partial charge >= 0.3 is 5.97 Å². The van der Waals surface area contributed by atoms with Crippen LogP contribution in [0.4, 0.5) is 0 Å². The molecule has 0 saturated carbocycles. The Morgan fingerprint density at radius 1 is 1.20 bits per heavy atom. The Balaban J connectivity index is 2.18. The Kier molecular flexibility index (Phi) is 5.67. The summed E-state index contributed by atoms with van der Waals surface area (Å²) >= 11 is 0. The smallest absolute Gasteiger partial charge is 0.305 e. The molecule has 0 aliphatic carbocycles. The first-order valence-corrected chi connectivity index (χ1v) is 7.33. The standard InChI is InChI=1S/C17H17N3O5/c1-25-12-5-2-10(3-6-12)14(8-15(21)22)20-17(24)13-7-4-11(9-19-13)16(18)23/h2-7,9,14H,8H2,1H3,(H2,18,23)(H,20,24)(H,21,22). The zero-order valence-electron chi connectivity index (χ0n) is 13.4. The molecule has 1 heterocycles. The van der Waals surface area contributed by atoms with E-state index in [-0.39, 0.29) is 17.7 Å².